The average molecular weight is 269 g/mol. The van der Waals surface area contributed by atoms with Gasteiger partial charge < -0.3 is 9.80 Å². The van der Waals surface area contributed by atoms with Gasteiger partial charge in [0, 0.05) is 25.1 Å². The second-order valence-corrected chi connectivity index (χ2v) is 4.76. The van der Waals surface area contributed by atoms with Crippen LogP contribution < -0.4 is 0 Å². The first kappa shape index (κ1) is 10.5. The molecule has 2 rings (SSSR count). The lowest BCUT2D eigenvalue weighted by Gasteiger charge is -2.18. The first-order valence-corrected chi connectivity index (χ1v) is 5.62. The van der Waals surface area contributed by atoms with Crippen LogP contribution in [0.15, 0.2) is 28.7 Å². The SMILES string of the molecule is CN1CC(c2cccc(Br)c2)N(C)C1=O. The third-order valence-electron chi connectivity index (χ3n) is 2.78. The van der Waals surface area contributed by atoms with Gasteiger partial charge in [0.15, 0.2) is 0 Å². The van der Waals surface area contributed by atoms with Crippen molar-refractivity contribution in [3.63, 3.8) is 0 Å². The van der Waals surface area contributed by atoms with Gasteiger partial charge in [0.1, 0.15) is 0 Å². The summed E-state index contributed by atoms with van der Waals surface area (Å²) in [5, 5.41) is 0. The van der Waals surface area contributed by atoms with Gasteiger partial charge >= 0.3 is 6.03 Å². The fourth-order valence-corrected chi connectivity index (χ4v) is 2.32. The molecule has 1 saturated heterocycles. The highest BCUT2D eigenvalue weighted by molar-refractivity contribution is 9.10. The zero-order valence-corrected chi connectivity index (χ0v) is 10.4. The second-order valence-electron chi connectivity index (χ2n) is 3.84. The number of urea groups is 1. The molecule has 0 radical (unpaired) electrons. The Hall–Kier alpha value is -1.03. The van der Waals surface area contributed by atoms with Gasteiger partial charge in [0.25, 0.3) is 0 Å². The normalized spacial score (nSPS) is 21.3. The van der Waals surface area contributed by atoms with E-state index in [1.807, 2.05) is 26.2 Å². The highest BCUT2D eigenvalue weighted by atomic mass is 79.9. The molecule has 1 aromatic carbocycles. The van der Waals surface area contributed by atoms with E-state index in [9.17, 15) is 4.79 Å². The Kier molecular flexibility index (Phi) is 2.69. The summed E-state index contributed by atoms with van der Waals surface area (Å²) in [6.45, 7) is 0.756. The van der Waals surface area contributed by atoms with Crippen LogP contribution in [0.5, 0.6) is 0 Å². The smallest absolute Gasteiger partial charge is 0.320 e. The number of amides is 2. The minimum Gasteiger partial charge on any atom is -0.325 e. The van der Waals surface area contributed by atoms with E-state index in [0.29, 0.717) is 0 Å². The topological polar surface area (TPSA) is 23.6 Å². The van der Waals surface area contributed by atoms with Crippen molar-refractivity contribution < 1.29 is 4.79 Å². The van der Waals surface area contributed by atoms with Crippen LogP contribution in [-0.4, -0.2) is 36.5 Å². The highest BCUT2D eigenvalue weighted by Crippen LogP contribution is 2.28. The summed E-state index contributed by atoms with van der Waals surface area (Å²) in [5.74, 6) is 0. The predicted octanol–water partition coefficient (Wildman–Crippen LogP) is 2.49. The minimum atomic E-state index is 0.0833. The number of hydrogen-bond donors (Lipinski definition) is 0. The fraction of sp³-hybridized carbons (Fsp3) is 0.364. The molecule has 4 heteroatoms. The van der Waals surface area contributed by atoms with Crippen molar-refractivity contribution in [2.45, 2.75) is 6.04 Å². The number of likely N-dealkylation sites (N-methyl/N-ethyl adjacent to an activating group) is 2. The minimum absolute atomic E-state index is 0.0833. The molecule has 1 fully saturated rings. The van der Waals surface area contributed by atoms with Crippen molar-refractivity contribution in [1.29, 1.82) is 0 Å². The van der Waals surface area contributed by atoms with E-state index in [2.05, 4.69) is 28.1 Å². The van der Waals surface area contributed by atoms with Crippen molar-refractivity contribution in [3.05, 3.63) is 34.3 Å². The number of carbonyl (C=O) groups is 1. The van der Waals surface area contributed by atoms with Crippen LogP contribution in [0.2, 0.25) is 0 Å². The Bertz CT molecular complexity index is 394. The maximum atomic E-state index is 11.6. The van der Waals surface area contributed by atoms with Crippen molar-refractivity contribution in [3.8, 4) is 0 Å². The van der Waals surface area contributed by atoms with Crippen LogP contribution in [0, 0.1) is 0 Å². The zero-order valence-electron chi connectivity index (χ0n) is 8.77. The van der Waals surface area contributed by atoms with Crippen molar-refractivity contribution in [1.82, 2.24) is 9.80 Å². The molecule has 1 aromatic rings. The van der Waals surface area contributed by atoms with E-state index >= 15 is 0 Å². The number of rotatable bonds is 1. The van der Waals surface area contributed by atoms with E-state index in [1.165, 1.54) is 5.56 Å². The molecule has 1 atom stereocenters. The molecule has 0 spiro atoms. The van der Waals surface area contributed by atoms with Gasteiger partial charge in [0.2, 0.25) is 0 Å². The van der Waals surface area contributed by atoms with Gasteiger partial charge in [-0.2, -0.15) is 0 Å². The zero-order chi connectivity index (χ0) is 11.0. The van der Waals surface area contributed by atoms with Crippen LogP contribution in [0.3, 0.4) is 0 Å². The molecule has 0 aromatic heterocycles. The van der Waals surface area contributed by atoms with Gasteiger partial charge in [0.05, 0.1) is 6.04 Å². The Morgan fingerprint density at radius 3 is 2.67 bits per heavy atom. The molecule has 3 nitrogen and oxygen atoms in total. The number of halogens is 1. The molecular formula is C11H13BrN2O. The van der Waals surface area contributed by atoms with Gasteiger partial charge in [-0.1, -0.05) is 28.1 Å². The van der Waals surface area contributed by atoms with Crippen molar-refractivity contribution in [2.75, 3.05) is 20.6 Å². The van der Waals surface area contributed by atoms with Gasteiger partial charge in [-0.3, -0.25) is 0 Å². The quantitative estimate of drug-likeness (QED) is 0.768. The molecule has 0 N–H and O–H groups in total. The summed E-state index contributed by atoms with van der Waals surface area (Å²) in [7, 11) is 3.67. The molecule has 15 heavy (non-hydrogen) atoms. The molecule has 1 aliphatic heterocycles. The molecule has 1 heterocycles. The third kappa shape index (κ3) is 1.86. The largest absolute Gasteiger partial charge is 0.325 e. The Morgan fingerprint density at radius 2 is 2.13 bits per heavy atom. The van der Waals surface area contributed by atoms with Crippen LogP contribution >= 0.6 is 15.9 Å². The summed E-state index contributed by atoms with van der Waals surface area (Å²) >= 11 is 3.44. The highest BCUT2D eigenvalue weighted by Gasteiger charge is 2.32. The molecule has 1 unspecified atom stereocenters. The summed E-state index contributed by atoms with van der Waals surface area (Å²) in [6, 6.07) is 8.35. The third-order valence-corrected chi connectivity index (χ3v) is 3.27. The summed E-state index contributed by atoms with van der Waals surface area (Å²) in [6.07, 6.45) is 0. The molecule has 0 saturated carbocycles. The van der Waals surface area contributed by atoms with Crippen LogP contribution in [-0.2, 0) is 0 Å². The average Bonchev–Trinajstić information content (AvgIpc) is 2.46. The first-order valence-electron chi connectivity index (χ1n) is 4.83. The first-order chi connectivity index (χ1) is 7.09. The molecule has 80 valence electrons. The molecule has 2 amide bonds. The Morgan fingerprint density at radius 1 is 1.40 bits per heavy atom. The number of hydrogen-bond acceptors (Lipinski definition) is 1. The molecule has 1 aliphatic rings. The Balaban J connectivity index is 2.29. The number of nitrogens with zero attached hydrogens (tertiary/aromatic N) is 2. The molecular weight excluding hydrogens is 256 g/mol. The van der Waals surface area contributed by atoms with E-state index in [1.54, 1.807) is 9.80 Å². The van der Waals surface area contributed by atoms with Crippen molar-refractivity contribution in [2.24, 2.45) is 0 Å². The van der Waals surface area contributed by atoms with Gasteiger partial charge in [-0.25, -0.2) is 4.79 Å². The van der Waals surface area contributed by atoms with Crippen LogP contribution in [0.4, 0.5) is 4.79 Å². The van der Waals surface area contributed by atoms with E-state index in [4.69, 9.17) is 0 Å². The maximum Gasteiger partial charge on any atom is 0.320 e. The summed E-state index contributed by atoms with van der Waals surface area (Å²) in [5.41, 5.74) is 1.17. The standard InChI is InChI=1S/C11H13BrN2O/c1-13-7-10(14(2)11(13)15)8-4-3-5-9(12)6-8/h3-6,10H,7H2,1-2H3. The van der Waals surface area contributed by atoms with Gasteiger partial charge in [-0.05, 0) is 17.7 Å². The number of benzene rings is 1. The summed E-state index contributed by atoms with van der Waals surface area (Å²) in [4.78, 5) is 15.1. The monoisotopic (exact) mass is 268 g/mol. The molecule has 0 aliphatic carbocycles. The predicted molar refractivity (Wildman–Crippen MR) is 62.7 cm³/mol. The lowest BCUT2D eigenvalue weighted by atomic mass is 10.1. The summed E-state index contributed by atoms with van der Waals surface area (Å²) < 4.78 is 1.05. The lowest BCUT2D eigenvalue weighted by molar-refractivity contribution is 0.201. The van der Waals surface area contributed by atoms with Gasteiger partial charge in [-0.15, -0.1) is 0 Å². The van der Waals surface area contributed by atoms with Crippen LogP contribution in [0.25, 0.3) is 0 Å². The maximum absolute atomic E-state index is 11.6. The van der Waals surface area contributed by atoms with Crippen molar-refractivity contribution >= 4 is 22.0 Å². The lowest BCUT2D eigenvalue weighted by Crippen LogP contribution is -2.26. The van der Waals surface area contributed by atoms with E-state index in [0.717, 1.165) is 11.0 Å². The number of carbonyl (C=O) groups excluding carboxylic acids is 1. The van der Waals surface area contributed by atoms with E-state index in [-0.39, 0.29) is 12.1 Å². The Labute approximate surface area is 97.8 Å². The second kappa shape index (κ2) is 3.85. The van der Waals surface area contributed by atoms with E-state index < -0.39 is 0 Å². The molecule has 0 bridgehead atoms. The van der Waals surface area contributed by atoms with Crippen LogP contribution in [0.1, 0.15) is 11.6 Å². The fourth-order valence-electron chi connectivity index (χ4n) is 1.91.